The molecule has 51 heavy (non-hydrogen) atoms. The Morgan fingerprint density at radius 3 is 2.06 bits per heavy atom. The highest BCUT2D eigenvalue weighted by molar-refractivity contribution is 5.79. The zero-order chi connectivity index (χ0) is 37.3. The zero-order valence-corrected chi connectivity index (χ0v) is 31.5. The summed E-state index contributed by atoms with van der Waals surface area (Å²) in [5.74, 6) is 0.938. The molecule has 12 nitrogen and oxygen atoms in total. The van der Waals surface area contributed by atoms with E-state index in [1.54, 1.807) is 6.92 Å². The van der Waals surface area contributed by atoms with Gasteiger partial charge in [0.1, 0.15) is 25.1 Å². The number of Topliss-reactive ketones (excluding diaryl/α,β-unsaturated/α-hetero) is 1. The van der Waals surface area contributed by atoms with Crippen LogP contribution in [0.4, 0.5) is 4.79 Å². The number of fused-ring (bicyclic) bond motifs is 5. The van der Waals surface area contributed by atoms with Crippen LogP contribution in [0.3, 0.4) is 0 Å². The molecule has 0 saturated heterocycles. The Bertz CT molecular complexity index is 1250. The Balaban J connectivity index is 1.08. The van der Waals surface area contributed by atoms with E-state index >= 15 is 0 Å². The number of esters is 4. The van der Waals surface area contributed by atoms with Crippen LogP contribution in [0, 0.1) is 46.3 Å². The Morgan fingerprint density at radius 1 is 0.725 bits per heavy atom. The zero-order valence-electron chi connectivity index (χ0n) is 31.5. The van der Waals surface area contributed by atoms with Crippen molar-refractivity contribution in [2.75, 3.05) is 20.0 Å². The second kappa shape index (κ2) is 18.0. The summed E-state index contributed by atoms with van der Waals surface area (Å²) in [6.07, 6.45) is 9.67. The summed E-state index contributed by atoms with van der Waals surface area (Å²) in [5.41, 5.74) is 0.372. The Kier molecular flexibility index (Phi) is 14.4. The predicted molar refractivity (Wildman–Crippen MR) is 184 cm³/mol. The van der Waals surface area contributed by atoms with E-state index in [1.165, 1.54) is 33.1 Å². The van der Waals surface area contributed by atoms with Crippen molar-refractivity contribution >= 4 is 35.8 Å². The monoisotopic (exact) mass is 720 g/mol. The predicted octanol–water partition coefficient (Wildman–Crippen LogP) is 6.88. The van der Waals surface area contributed by atoms with E-state index in [4.69, 9.17) is 28.4 Å². The lowest BCUT2D eigenvalue weighted by atomic mass is 9.44. The van der Waals surface area contributed by atoms with Gasteiger partial charge in [-0.3, -0.25) is 24.0 Å². The van der Waals surface area contributed by atoms with Gasteiger partial charge in [0.15, 0.2) is 6.10 Å². The normalized spacial score (nSPS) is 31.6. The van der Waals surface area contributed by atoms with E-state index in [0.717, 1.165) is 38.5 Å². The number of ketones is 1. The molecule has 0 aromatic rings. The molecule has 0 N–H and O–H groups in total. The Labute approximate surface area is 302 Å². The van der Waals surface area contributed by atoms with Gasteiger partial charge < -0.3 is 28.4 Å². The van der Waals surface area contributed by atoms with Crippen LogP contribution >= 0.6 is 0 Å². The van der Waals surface area contributed by atoms with Crippen LogP contribution in [0.2, 0.25) is 0 Å². The molecule has 288 valence electrons. The number of carbonyl (C=O) groups excluding carboxylic acids is 6. The molecule has 4 rings (SSSR count). The Morgan fingerprint density at radius 2 is 1.39 bits per heavy atom. The molecule has 0 aromatic carbocycles. The molecule has 3 unspecified atom stereocenters. The largest absolute Gasteiger partial charge is 0.511 e. The minimum Gasteiger partial charge on any atom is -0.462 e. The van der Waals surface area contributed by atoms with Gasteiger partial charge in [0.25, 0.3) is 0 Å². The van der Waals surface area contributed by atoms with Gasteiger partial charge in [-0.25, -0.2) is 4.79 Å². The molecule has 0 aliphatic heterocycles. The number of unbranched alkanes of at least 4 members (excludes halogenated alkanes) is 1. The first-order chi connectivity index (χ1) is 24.1. The maximum absolute atomic E-state index is 12.5. The van der Waals surface area contributed by atoms with E-state index in [-0.39, 0.29) is 54.8 Å². The summed E-state index contributed by atoms with van der Waals surface area (Å²) in [5, 5.41) is 0. The van der Waals surface area contributed by atoms with Gasteiger partial charge in [-0.05, 0) is 112 Å². The molecular weight excluding hydrogens is 660 g/mol. The Hall–Kier alpha value is -3.18. The second-order valence-corrected chi connectivity index (χ2v) is 16.3. The van der Waals surface area contributed by atoms with Gasteiger partial charge in [-0.1, -0.05) is 33.6 Å². The highest BCUT2D eigenvalue weighted by atomic mass is 16.8. The molecule has 0 heterocycles. The second-order valence-electron chi connectivity index (χ2n) is 16.3. The molecule has 0 bridgehead atoms. The number of rotatable bonds is 16. The van der Waals surface area contributed by atoms with Crippen molar-refractivity contribution in [3.63, 3.8) is 0 Å². The van der Waals surface area contributed by atoms with Gasteiger partial charge in [0, 0.05) is 32.6 Å². The van der Waals surface area contributed by atoms with Crippen molar-refractivity contribution < 1.29 is 57.2 Å². The fraction of sp³-hybridized carbons (Fsp3) is 0.846. The SMILES string of the molecule is CC(=O)OCC(COC(C)=O)OC(=O)CC(C)CCCCC(=O)OCOC(=O)O[C@@H]1CC[C@@]2(C)[C@@H](CCC3[C@@H]4CC[C@H](C(C)=O)C4(C)CC[C@@H]32)C1. The van der Waals surface area contributed by atoms with Crippen molar-refractivity contribution in [3.05, 3.63) is 0 Å². The standard InChI is InChI=1S/C39H60O12/c1-24(19-36(44)50-30(21-46-26(3)41)22-47-27(4)42)9-7-8-10-35(43)48-23-49-37(45)51-29-15-17-38(5)28(20-29)11-12-31-33-14-13-32(25(2)40)39(33,6)18-16-34(31)38/h24,28-34H,7-23H2,1-6H3/t24?,28-,29+,31?,32+,33-,34-,38-,39?/m0/s1. The molecule has 4 saturated carbocycles. The quantitative estimate of drug-likeness (QED) is 0.0705. The van der Waals surface area contributed by atoms with Crippen LogP contribution in [-0.4, -0.2) is 68.0 Å². The molecule has 4 aliphatic carbocycles. The summed E-state index contributed by atoms with van der Waals surface area (Å²) in [6.45, 7) is 10.0. The fourth-order valence-corrected chi connectivity index (χ4v) is 10.3. The molecule has 0 aromatic heterocycles. The molecule has 12 heteroatoms. The summed E-state index contributed by atoms with van der Waals surface area (Å²) >= 11 is 0. The molecule has 0 radical (unpaired) electrons. The van der Waals surface area contributed by atoms with Crippen LogP contribution in [0.1, 0.15) is 131 Å². The lowest BCUT2D eigenvalue weighted by Crippen LogP contribution is -2.54. The maximum atomic E-state index is 12.5. The topological polar surface area (TPSA) is 158 Å². The van der Waals surface area contributed by atoms with E-state index in [9.17, 15) is 28.8 Å². The lowest BCUT2D eigenvalue weighted by Gasteiger charge is -2.61. The van der Waals surface area contributed by atoms with Crippen LogP contribution in [0.15, 0.2) is 0 Å². The molecule has 4 fully saturated rings. The van der Waals surface area contributed by atoms with Crippen molar-refractivity contribution in [3.8, 4) is 0 Å². The van der Waals surface area contributed by atoms with E-state index in [2.05, 4.69) is 13.8 Å². The van der Waals surface area contributed by atoms with Crippen molar-refractivity contribution in [1.82, 2.24) is 0 Å². The number of carbonyl (C=O) groups is 6. The minimum absolute atomic E-state index is 0.0336. The summed E-state index contributed by atoms with van der Waals surface area (Å²) in [7, 11) is 0. The highest BCUT2D eigenvalue weighted by Gasteiger charge is 2.61. The number of hydrogen-bond donors (Lipinski definition) is 0. The van der Waals surface area contributed by atoms with E-state index in [1.807, 2.05) is 6.92 Å². The average Bonchev–Trinajstić information content (AvgIpc) is 3.42. The fourth-order valence-electron chi connectivity index (χ4n) is 10.3. The third-order valence-corrected chi connectivity index (χ3v) is 12.9. The van der Waals surface area contributed by atoms with Gasteiger partial charge >= 0.3 is 30.0 Å². The third kappa shape index (κ3) is 10.7. The van der Waals surface area contributed by atoms with Crippen molar-refractivity contribution in [2.45, 2.75) is 144 Å². The number of hydrogen-bond acceptors (Lipinski definition) is 12. The highest BCUT2D eigenvalue weighted by Crippen LogP contribution is 2.67. The maximum Gasteiger partial charge on any atom is 0.511 e. The van der Waals surface area contributed by atoms with E-state index < -0.39 is 42.9 Å². The van der Waals surface area contributed by atoms with Gasteiger partial charge in [0.2, 0.25) is 6.79 Å². The average molecular weight is 721 g/mol. The van der Waals surface area contributed by atoms with Gasteiger partial charge in [-0.15, -0.1) is 0 Å². The van der Waals surface area contributed by atoms with Crippen LogP contribution in [-0.2, 0) is 52.4 Å². The first-order valence-electron chi connectivity index (χ1n) is 19.1. The van der Waals surface area contributed by atoms with Crippen LogP contribution in [0.25, 0.3) is 0 Å². The first kappa shape index (κ1) is 40.6. The first-order valence-corrected chi connectivity index (χ1v) is 19.1. The van der Waals surface area contributed by atoms with Crippen molar-refractivity contribution in [1.29, 1.82) is 0 Å². The molecule has 4 aliphatic rings. The summed E-state index contributed by atoms with van der Waals surface area (Å²) in [6, 6.07) is 0. The van der Waals surface area contributed by atoms with Gasteiger partial charge in [0.05, 0.1) is 0 Å². The molecule has 9 atom stereocenters. The smallest absolute Gasteiger partial charge is 0.462 e. The van der Waals surface area contributed by atoms with Crippen molar-refractivity contribution in [2.24, 2.45) is 46.3 Å². The molecular formula is C39H60O12. The van der Waals surface area contributed by atoms with Gasteiger partial charge in [-0.2, -0.15) is 0 Å². The minimum atomic E-state index is -0.889. The molecule has 0 spiro atoms. The summed E-state index contributed by atoms with van der Waals surface area (Å²) < 4.78 is 31.0. The van der Waals surface area contributed by atoms with Crippen LogP contribution in [0.5, 0.6) is 0 Å². The molecule has 0 amide bonds. The lowest BCUT2D eigenvalue weighted by molar-refractivity contribution is -0.166. The van der Waals surface area contributed by atoms with Crippen LogP contribution < -0.4 is 0 Å². The number of ether oxygens (including phenoxy) is 6. The third-order valence-electron chi connectivity index (χ3n) is 12.9. The summed E-state index contributed by atoms with van der Waals surface area (Å²) in [4.78, 5) is 71.7. The van der Waals surface area contributed by atoms with E-state index in [0.29, 0.717) is 48.7 Å².